The maximum absolute atomic E-state index is 10.6. The molecule has 0 radical (unpaired) electrons. The normalized spacial score (nSPS) is 11.5. The van der Waals surface area contributed by atoms with Gasteiger partial charge in [0.2, 0.25) is 5.70 Å². The van der Waals surface area contributed by atoms with Gasteiger partial charge in [-0.1, -0.05) is 35.0 Å². The summed E-state index contributed by atoms with van der Waals surface area (Å²) in [6, 6.07) is 5.69. The van der Waals surface area contributed by atoms with Gasteiger partial charge in [-0.3, -0.25) is 10.1 Å². The lowest BCUT2D eigenvalue weighted by atomic mass is 10.1. The van der Waals surface area contributed by atoms with E-state index >= 15 is 0 Å². The smallest absolute Gasteiger partial charge is 0.246 e. The summed E-state index contributed by atoms with van der Waals surface area (Å²) in [5, 5.41) is 10.6. The molecule has 0 bridgehead atoms. The predicted octanol–water partition coefficient (Wildman–Crippen LogP) is 3.79. The summed E-state index contributed by atoms with van der Waals surface area (Å²) in [6.07, 6.45) is 2.03. The quantitative estimate of drug-likeness (QED) is 0.619. The monoisotopic (exact) mass is 269 g/mol. The Labute approximate surface area is 97.1 Å². The highest BCUT2D eigenvalue weighted by Crippen LogP contribution is 2.19. The first kappa shape index (κ1) is 11.9. The molecule has 3 nitrogen and oxygen atoms in total. The summed E-state index contributed by atoms with van der Waals surface area (Å²) in [5.74, 6) is 0. The van der Waals surface area contributed by atoms with Crippen molar-refractivity contribution >= 4 is 22.0 Å². The van der Waals surface area contributed by atoms with Gasteiger partial charge in [-0.2, -0.15) is 0 Å². The van der Waals surface area contributed by atoms with Gasteiger partial charge < -0.3 is 0 Å². The van der Waals surface area contributed by atoms with Crippen LogP contribution in [-0.2, 0) is 0 Å². The first-order valence-electron chi connectivity index (χ1n) is 4.65. The van der Waals surface area contributed by atoms with E-state index in [1.165, 1.54) is 0 Å². The highest BCUT2D eigenvalue weighted by Gasteiger charge is 2.07. The number of allylic oxidation sites excluding steroid dienone is 1. The topological polar surface area (TPSA) is 43.1 Å². The number of nitro groups is 1. The van der Waals surface area contributed by atoms with E-state index in [1.54, 1.807) is 13.0 Å². The van der Waals surface area contributed by atoms with E-state index in [0.29, 0.717) is 6.42 Å². The third-order valence-electron chi connectivity index (χ3n) is 2.13. The van der Waals surface area contributed by atoms with Crippen molar-refractivity contribution in [2.24, 2.45) is 0 Å². The van der Waals surface area contributed by atoms with Crippen molar-refractivity contribution in [1.29, 1.82) is 0 Å². The van der Waals surface area contributed by atoms with Crippen LogP contribution in [0.1, 0.15) is 24.5 Å². The number of nitrogens with zero attached hydrogens (tertiary/aromatic N) is 1. The number of hydrogen-bond acceptors (Lipinski definition) is 2. The Morgan fingerprint density at radius 1 is 1.60 bits per heavy atom. The van der Waals surface area contributed by atoms with Crippen LogP contribution in [0.15, 0.2) is 28.4 Å². The molecule has 1 aromatic rings. The third kappa shape index (κ3) is 3.16. The van der Waals surface area contributed by atoms with Crippen molar-refractivity contribution < 1.29 is 4.92 Å². The summed E-state index contributed by atoms with van der Waals surface area (Å²) in [5.41, 5.74) is 2.19. The summed E-state index contributed by atoms with van der Waals surface area (Å²) in [7, 11) is 0. The summed E-state index contributed by atoms with van der Waals surface area (Å²) in [4.78, 5) is 10.3. The molecule has 4 heteroatoms. The average Bonchev–Trinajstić information content (AvgIpc) is 2.19. The van der Waals surface area contributed by atoms with Gasteiger partial charge in [-0.25, -0.2) is 0 Å². The minimum Gasteiger partial charge on any atom is -0.259 e. The fraction of sp³-hybridized carbons (Fsp3) is 0.273. The molecular weight excluding hydrogens is 258 g/mol. The minimum atomic E-state index is -0.340. The Balaban J connectivity index is 3.07. The lowest BCUT2D eigenvalue weighted by Gasteiger charge is -2.00. The van der Waals surface area contributed by atoms with Crippen LogP contribution in [-0.4, -0.2) is 4.92 Å². The average molecular weight is 270 g/mol. The largest absolute Gasteiger partial charge is 0.259 e. The lowest BCUT2D eigenvalue weighted by Crippen LogP contribution is -1.96. The van der Waals surface area contributed by atoms with Crippen molar-refractivity contribution in [3.8, 4) is 0 Å². The summed E-state index contributed by atoms with van der Waals surface area (Å²) >= 11 is 3.40. The van der Waals surface area contributed by atoms with Crippen molar-refractivity contribution in [3.05, 3.63) is 49.6 Å². The Morgan fingerprint density at radius 3 is 2.73 bits per heavy atom. The molecule has 0 aliphatic rings. The fourth-order valence-electron chi connectivity index (χ4n) is 1.18. The second kappa shape index (κ2) is 5.07. The molecule has 0 aliphatic carbocycles. The minimum absolute atomic E-state index is 0.228. The SMILES string of the molecule is CC/C(=C/c1ccc(C)c(Br)c1)[N+](=O)[O-]. The van der Waals surface area contributed by atoms with E-state index in [2.05, 4.69) is 15.9 Å². The Kier molecular flexibility index (Phi) is 4.03. The van der Waals surface area contributed by atoms with Gasteiger partial charge in [0, 0.05) is 17.0 Å². The number of halogens is 1. The van der Waals surface area contributed by atoms with E-state index in [0.717, 1.165) is 15.6 Å². The first-order valence-corrected chi connectivity index (χ1v) is 5.45. The first-order chi connectivity index (χ1) is 7.04. The molecule has 0 N–H and O–H groups in total. The number of benzene rings is 1. The van der Waals surface area contributed by atoms with Gasteiger partial charge in [0.25, 0.3) is 0 Å². The zero-order valence-corrected chi connectivity index (χ0v) is 10.2. The zero-order chi connectivity index (χ0) is 11.4. The highest BCUT2D eigenvalue weighted by molar-refractivity contribution is 9.10. The van der Waals surface area contributed by atoms with Gasteiger partial charge in [0.15, 0.2) is 0 Å². The van der Waals surface area contributed by atoms with Crippen LogP contribution in [0.25, 0.3) is 6.08 Å². The molecular formula is C11H12BrNO2. The lowest BCUT2D eigenvalue weighted by molar-refractivity contribution is -0.425. The second-order valence-corrected chi connectivity index (χ2v) is 4.11. The van der Waals surface area contributed by atoms with Gasteiger partial charge >= 0.3 is 0 Å². The Morgan fingerprint density at radius 2 is 2.27 bits per heavy atom. The summed E-state index contributed by atoms with van der Waals surface area (Å²) < 4.78 is 0.968. The molecule has 1 rings (SSSR count). The van der Waals surface area contributed by atoms with Gasteiger partial charge in [0.1, 0.15) is 0 Å². The molecule has 0 amide bonds. The summed E-state index contributed by atoms with van der Waals surface area (Å²) in [6.45, 7) is 3.75. The van der Waals surface area contributed by atoms with Gasteiger partial charge in [-0.05, 0) is 24.1 Å². The van der Waals surface area contributed by atoms with E-state index in [1.807, 2.05) is 25.1 Å². The molecule has 0 saturated carbocycles. The maximum Gasteiger partial charge on any atom is 0.246 e. The molecule has 0 heterocycles. The van der Waals surface area contributed by atoms with Crippen molar-refractivity contribution in [3.63, 3.8) is 0 Å². The highest BCUT2D eigenvalue weighted by atomic mass is 79.9. The predicted molar refractivity (Wildman–Crippen MR) is 64.1 cm³/mol. The number of aryl methyl sites for hydroxylation is 1. The second-order valence-electron chi connectivity index (χ2n) is 3.25. The molecule has 80 valence electrons. The van der Waals surface area contributed by atoms with Crippen LogP contribution in [0.3, 0.4) is 0 Å². The standard InChI is InChI=1S/C11H12BrNO2/c1-3-10(13(14)15)6-9-5-4-8(2)11(12)7-9/h4-7H,3H2,1-2H3/b10-6-. The Bertz CT molecular complexity index is 413. The molecule has 0 spiro atoms. The molecule has 0 atom stereocenters. The van der Waals surface area contributed by atoms with Gasteiger partial charge in [-0.15, -0.1) is 0 Å². The van der Waals surface area contributed by atoms with Crippen molar-refractivity contribution in [2.45, 2.75) is 20.3 Å². The van der Waals surface area contributed by atoms with Crippen LogP contribution in [0.2, 0.25) is 0 Å². The van der Waals surface area contributed by atoms with E-state index in [-0.39, 0.29) is 10.6 Å². The van der Waals surface area contributed by atoms with E-state index in [4.69, 9.17) is 0 Å². The van der Waals surface area contributed by atoms with Crippen LogP contribution in [0, 0.1) is 17.0 Å². The molecule has 1 aromatic carbocycles. The van der Waals surface area contributed by atoms with Crippen LogP contribution >= 0.6 is 15.9 Å². The maximum atomic E-state index is 10.6. The number of rotatable bonds is 3. The van der Waals surface area contributed by atoms with Crippen LogP contribution < -0.4 is 0 Å². The fourth-order valence-corrected chi connectivity index (χ4v) is 1.57. The molecule has 0 saturated heterocycles. The third-order valence-corrected chi connectivity index (χ3v) is 2.98. The zero-order valence-electron chi connectivity index (χ0n) is 8.66. The molecule has 0 unspecified atom stereocenters. The van der Waals surface area contributed by atoms with E-state index in [9.17, 15) is 10.1 Å². The Hall–Kier alpha value is -1.16. The van der Waals surface area contributed by atoms with Crippen molar-refractivity contribution in [1.82, 2.24) is 0 Å². The van der Waals surface area contributed by atoms with E-state index < -0.39 is 0 Å². The van der Waals surface area contributed by atoms with Crippen LogP contribution in [0.4, 0.5) is 0 Å². The van der Waals surface area contributed by atoms with Crippen LogP contribution in [0.5, 0.6) is 0 Å². The number of hydrogen-bond donors (Lipinski definition) is 0. The molecule has 0 aromatic heterocycles. The molecule has 0 fully saturated rings. The molecule has 0 aliphatic heterocycles. The van der Waals surface area contributed by atoms with Gasteiger partial charge in [0.05, 0.1) is 4.92 Å². The molecule has 15 heavy (non-hydrogen) atoms. The van der Waals surface area contributed by atoms with Crippen molar-refractivity contribution in [2.75, 3.05) is 0 Å².